The molecule has 7 heteroatoms. The zero-order chi connectivity index (χ0) is 19.3. The van der Waals surface area contributed by atoms with Crippen LogP contribution in [-0.2, 0) is 12.0 Å². The number of pyridine rings is 1. The van der Waals surface area contributed by atoms with Crippen molar-refractivity contribution >= 4 is 23.4 Å². The molecule has 7 nitrogen and oxygen atoms in total. The molecule has 1 aliphatic heterocycles. The number of aryl methyl sites for hydroxylation is 1. The molecule has 0 saturated carbocycles. The molecule has 0 spiro atoms. The zero-order valence-corrected chi connectivity index (χ0v) is 16.4. The first-order valence-electron chi connectivity index (χ1n) is 9.35. The number of aromatic nitrogens is 3. The molecular formula is C20H27N7. The van der Waals surface area contributed by atoms with Gasteiger partial charge in [0.15, 0.2) is 0 Å². The van der Waals surface area contributed by atoms with Crippen molar-refractivity contribution in [2.45, 2.75) is 45.6 Å². The third-order valence-electron chi connectivity index (χ3n) is 5.58. The van der Waals surface area contributed by atoms with Gasteiger partial charge in [-0.1, -0.05) is 13.8 Å². The Hall–Kier alpha value is -2.83. The lowest BCUT2D eigenvalue weighted by Gasteiger charge is -2.41. The van der Waals surface area contributed by atoms with E-state index in [0.717, 1.165) is 60.1 Å². The van der Waals surface area contributed by atoms with Gasteiger partial charge in [-0.3, -0.25) is 0 Å². The summed E-state index contributed by atoms with van der Waals surface area (Å²) < 4.78 is 2.07. The average molecular weight is 365 g/mol. The van der Waals surface area contributed by atoms with Crippen LogP contribution in [0.15, 0.2) is 18.0 Å². The summed E-state index contributed by atoms with van der Waals surface area (Å²) in [5.41, 5.74) is 13.4. The number of anilines is 2. The van der Waals surface area contributed by atoms with Gasteiger partial charge in [0, 0.05) is 48.7 Å². The molecule has 0 bridgehead atoms. The Morgan fingerprint density at radius 1 is 1.33 bits per heavy atom. The van der Waals surface area contributed by atoms with Gasteiger partial charge < -0.3 is 21.4 Å². The van der Waals surface area contributed by atoms with E-state index >= 15 is 0 Å². The van der Waals surface area contributed by atoms with Gasteiger partial charge in [-0.2, -0.15) is 5.10 Å². The molecule has 2 aliphatic rings. The SMILES string of the molecule is CNc1nc(C)cc(N2Cc3cnn(C4=C(N)CC4)c3C(C)(C)C2)c1C=N. The Morgan fingerprint density at radius 3 is 2.70 bits per heavy atom. The monoisotopic (exact) mass is 365 g/mol. The maximum absolute atomic E-state index is 7.91. The Kier molecular flexibility index (Phi) is 3.98. The van der Waals surface area contributed by atoms with E-state index in [2.05, 4.69) is 44.9 Å². The molecule has 0 radical (unpaired) electrons. The van der Waals surface area contributed by atoms with Crippen molar-refractivity contribution in [3.63, 3.8) is 0 Å². The lowest BCUT2D eigenvalue weighted by molar-refractivity contribution is 0.449. The first-order valence-corrected chi connectivity index (χ1v) is 9.35. The van der Waals surface area contributed by atoms with Crippen molar-refractivity contribution in [3.8, 4) is 0 Å². The van der Waals surface area contributed by atoms with Crippen LogP contribution in [0.4, 0.5) is 11.5 Å². The third kappa shape index (κ3) is 2.69. The number of hydrogen-bond acceptors (Lipinski definition) is 6. The van der Waals surface area contributed by atoms with E-state index in [0.29, 0.717) is 0 Å². The molecule has 4 rings (SSSR count). The molecule has 3 heterocycles. The highest BCUT2D eigenvalue weighted by molar-refractivity contribution is 5.92. The van der Waals surface area contributed by atoms with E-state index in [1.807, 2.05) is 20.2 Å². The fourth-order valence-corrected chi connectivity index (χ4v) is 4.29. The normalized spacial score (nSPS) is 18.1. The lowest BCUT2D eigenvalue weighted by atomic mass is 9.82. The van der Waals surface area contributed by atoms with Crippen molar-refractivity contribution in [1.29, 1.82) is 5.41 Å². The minimum absolute atomic E-state index is 0.0940. The lowest BCUT2D eigenvalue weighted by Crippen LogP contribution is -2.44. The molecule has 142 valence electrons. The highest BCUT2D eigenvalue weighted by atomic mass is 15.3. The summed E-state index contributed by atoms with van der Waals surface area (Å²) in [6.45, 7) is 8.10. The first kappa shape index (κ1) is 17.6. The van der Waals surface area contributed by atoms with Gasteiger partial charge in [-0.05, 0) is 25.8 Å². The second kappa shape index (κ2) is 6.11. The van der Waals surface area contributed by atoms with Crippen molar-refractivity contribution in [2.24, 2.45) is 5.73 Å². The molecule has 1 aliphatic carbocycles. The minimum Gasteiger partial charge on any atom is -0.401 e. The van der Waals surface area contributed by atoms with E-state index in [-0.39, 0.29) is 5.41 Å². The molecule has 27 heavy (non-hydrogen) atoms. The van der Waals surface area contributed by atoms with Gasteiger partial charge in [0.05, 0.1) is 28.8 Å². The molecule has 0 atom stereocenters. The molecule has 2 aromatic heterocycles. The number of allylic oxidation sites excluding steroid dienone is 2. The van der Waals surface area contributed by atoms with Crippen LogP contribution in [0.25, 0.3) is 5.70 Å². The van der Waals surface area contributed by atoms with Crippen LogP contribution in [0.5, 0.6) is 0 Å². The van der Waals surface area contributed by atoms with Crippen LogP contribution in [0.1, 0.15) is 49.2 Å². The third-order valence-corrected chi connectivity index (χ3v) is 5.58. The molecule has 0 aromatic carbocycles. The largest absolute Gasteiger partial charge is 0.401 e. The van der Waals surface area contributed by atoms with Gasteiger partial charge in [-0.25, -0.2) is 9.67 Å². The van der Waals surface area contributed by atoms with Gasteiger partial charge in [-0.15, -0.1) is 0 Å². The summed E-state index contributed by atoms with van der Waals surface area (Å²) in [6, 6.07) is 2.07. The molecule has 0 amide bonds. The molecule has 2 aromatic rings. The van der Waals surface area contributed by atoms with E-state index in [4.69, 9.17) is 11.1 Å². The number of nitrogens with one attached hydrogen (secondary N) is 2. The average Bonchev–Trinajstić information content (AvgIpc) is 3.03. The summed E-state index contributed by atoms with van der Waals surface area (Å²) in [7, 11) is 1.84. The highest BCUT2D eigenvalue weighted by Gasteiger charge is 2.38. The van der Waals surface area contributed by atoms with Crippen LogP contribution in [0.2, 0.25) is 0 Å². The summed E-state index contributed by atoms with van der Waals surface area (Å²) in [4.78, 5) is 6.86. The maximum Gasteiger partial charge on any atom is 0.136 e. The predicted octanol–water partition coefficient (Wildman–Crippen LogP) is 2.84. The van der Waals surface area contributed by atoms with Crippen molar-refractivity contribution in [1.82, 2.24) is 14.8 Å². The number of nitrogens with zero attached hydrogens (tertiary/aromatic N) is 4. The Morgan fingerprint density at radius 2 is 2.11 bits per heavy atom. The Labute approximate surface area is 159 Å². The summed E-state index contributed by atoms with van der Waals surface area (Å²) in [5.74, 6) is 0.742. The summed E-state index contributed by atoms with van der Waals surface area (Å²) >= 11 is 0. The topological polar surface area (TPSA) is 95.8 Å². The predicted molar refractivity (Wildman–Crippen MR) is 109 cm³/mol. The number of fused-ring (bicyclic) bond motifs is 1. The number of nitrogens with two attached hydrogens (primary N) is 1. The fraction of sp³-hybridized carbons (Fsp3) is 0.450. The van der Waals surface area contributed by atoms with Crippen LogP contribution in [0, 0.1) is 12.3 Å². The smallest absolute Gasteiger partial charge is 0.136 e. The zero-order valence-electron chi connectivity index (χ0n) is 16.4. The number of hydrogen-bond donors (Lipinski definition) is 3. The Bertz CT molecular complexity index is 951. The number of rotatable bonds is 4. The van der Waals surface area contributed by atoms with Gasteiger partial charge in [0.25, 0.3) is 0 Å². The standard InChI is InChI=1S/C20H27N7/c1-12-7-17(14(8-21)19(23-4)25-12)26-10-13-9-24-27(16-6-5-15(16)22)18(13)20(2,3)11-26/h7-9,21H,5-6,10-11,22H2,1-4H3,(H,23,25). The molecule has 0 saturated heterocycles. The summed E-state index contributed by atoms with van der Waals surface area (Å²) in [5, 5.41) is 15.7. The second-order valence-electron chi connectivity index (χ2n) is 8.08. The van der Waals surface area contributed by atoms with Gasteiger partial charge >= 0.3 is 0 Å². The van der Waals surface area contributed by atoms with Crippen LogP contribution < -0.4 is 16.0 Å². The van der Waals surface area contributed by atoms with E-state index in [9.17, 15) is 0 Å². The van der Waals surface area contributed by atoms with E-state index < -0.39 is 0 Å². The van der Waals surface area contributed by atoms with Crippen LogP contribution >= 0.6 is 0 Å². The van der Waals surface area contributed by atoms with E-state index in [1.165, 1.54) is 17.5 Å². The van der Waals surface area contributed by atoms with Crippen molar-refractivity contribution < 1.29 is 0 Å². The minimum atomic E-state index is -0.0940. The molecular weight excluding hydrogens is 338 g/mol. The van der Waals surface area contributed by atoms with Crippen LogP contribution in [-0.4, -0.2) is 34.6 Å². The highest BCUT2D eigenvalue weighted by Crippen LogP contribution is 2.40. The first-order chi connectivity index (χ1) is 12.9. The summed E-state index contributed by atoms with van der Waals surface area (Å²) in [6.07, 6.45) is 5.31. The molecule has 4 N–H and O–H groups in total. The van der Waals surface area contributed by atoms with Crippen molar-refractivity contribution in [3.05, 3.63) is 40.5 Å². The van der Waals surface area contributed by atoms with Crippen LogP contribution in [0.3, 0.4) is 0 Å². The second-order valence-corrected chi connectivity index (χ2v) is 8.08. The quantitative estimate of drug-likeness (QED) is 0.724. The molecule has 0 fully saturated rings. The van der Waals surface area contributed by atoms with E-state index in [1.54, 1.807) is 0 Å². The maximum atomic E-state index is 7.91. The molecule has 0 unspecified atom stereocenters. The fourth-order valence-electron chi connectivity index (χ4n) is 4.29. The van der Waals surface area contributed by atoms with Gasteiger partial charge in [0.2, 0.25) is 0 Å². The van der Waals surface area contributed by atoms with Gasteiger partial charge in [0.1, 0.15) is 5.82 Å². The van der Waals surface area contributed by atoms with Crippen molar-refractivity contribution in [2.75, 3.05) is 23.8 Å². The Balaban J connectivity index is 1.80.